The van der Waals surface area contributed by atoms with Gasteiger partial charge in [0.15, 0.2) is 12.0 Å². The first kappa shape index (κ1) is 22.3. The maximum absolute atomic E-state index is 10.8. The van der Waals surface area contributed by atoms with Crippen LogP contribution in [0.3, 0.4) is 0 Å². The molecule has 0 spiro atoms. The first-order valence-electron chi connectivity index (χ1n) is 9.30. The summed E-state index contributed by atoms with van der Waals surface area (Å²) in [6.07, 6.45) is 2.86. The Bertz CT molecular complexity index is 666. The third-order valence-corrected chi connectivity index (χ3v) is 4.03. The highest BCUT2D eigenvalue weighted by Gasteiger charge is 2.26. The Balaban J connectivity index is 0.00000177. The number of nitrogens with two attached hydrogens (primary N) is 1. The predicted octanol–water partition coefficient (Wildman–Crippen LogP) is 5.41. The van der Waals surface area contributed by atoms with Gasteiger partial charge in [0.05, 0.1) is 5.70 Å². The van der Waals surface area contributed by atoms with Crippen LogP contribution in [0.1, 0.15) is 59.5 Å². The van der Waals surface area contributed by atoms with Crippen LogP contribution in [-0.2, 0) is 9.53 Å². The van der Waals surface area contributed by atoms with Gasteiger partial charge < -0.3 is 15.8 Å². The smallest absolute Gasteiger partial charge is 0.217 e. The second-order valence-corrected chi connectivity index (χ2v) is 5.90. The molecule has 3 N–H and O–H groups in total. The van der Waals surface area contributed by atoms with E-state index in [2.05, 4.69) is 29.6 Å². The fourth-order valence-corrected chi connectivity index (χ4v) is 2.84. The van der Waals surface area contributed by atoms with E-state index in [1.165, 1.54) is 0 Å². The van der Waals surface area contributed by atoms with Crippen LogP contribution in [0.4, 0.5) is 0 Å². The first-order chi connectivity index (χ1) is 12.7. The van der Waals surface area contributed by atoms with Gasteiger partial charge in [0.1, 0.15) is 0 Å². The molecule has 1 atom stereocenters. The molecule has 0 saturated carbocycles. The number of carbonyl (C=O) groups is 1. The van der Waals surface area contributed by atoms with Gasteiger partial charge in [0.2, 0.25) is 5.91 Å². The Hall–Kier alpha value is -2.75. The lowest BCUT2D eigenvalue weighted by Crippen LogP contribution is -2.23. The van der Waals surface area contributed by atoms with Gasteiger partial charge in [0.25, 0.3) is 0 Å². The van der Waals surface area contributed by atoms with E-state index in [0.717, 1.165) is 41.8 Å². The average Bonchev–Trinajstić information content (AvgIpc) is 3.12. The molecular formula is C23H34N2O2. The fraction of sp³-hybridized carbons (Fsp3) is 0.348. The lowest BCUT2D eigenvalue weighted by Gasteiger charge is -2.13. The number of unbranched alkanes of at least 4 members (excludes halogenated alkanes) is 1. The van der Waals surface area contributed by atoms with E-state index in [0.29, 0.717) is 6.42 Å². The summed E-state index contributed by atoms with van der Waals surface area (Å²) in [5.41, 5.74) is 8.37. The van der Waals surface area contributed by atoms with Gasteiger partial charge in [-0.05, 0) is 12.8 Å². The van der Waals surface area contributed by atoms with Crippen molar-refractivity contribution in [2.45, 2.75) is 53.2 Å². The molecule has 1 heterocycles. The Morgan fingerprint density at radius 1 is 1.00 bits per heavy atom. The molecule has 148 valence electrons. The number of primary amides is 1. The van der Waals surface area contributed by atoms with Crippen LogP contribution in [0, 0.1) is 0 Å². The summed E-state index contributed by atoms with van der Waals surface area (Å²) in [6.45, 7) is 4.00. The summed E-state index contributed by atoms with van der Waals surface area (Å²) in [4.78, 5) is 10.8. The molecule has 2 aromatic rings. The quantitative estimate of drug-likeness (QED) is 0.640. The van der Waals surface area contributed by atoms with Gasteiger partial charge in [-0.2, -0.15) is 0 Å². The zero-order valence-corrected chi connectivity index (χ0v) is 15.6. The molecule has 3 rings (SSSR count). The molecular weight excluding hydrogens is 336 g/mol. The zero-order chi connectivity index (χ0) is 18.8. The monoisotopic (exact) mass is 370 g/mol. The molecule has 0 fully saturated rings. The second-order valence-electron chi connectivity index (χ2n) is 5.90. The van der Waals surface area contributed by atoms with Crippen LogP contribution in [0.5, 0.6) is 0 Å². The van der Waals surface area contributed by atoms with Gasteiger partial charge >= 0.3 is 0 Å². The second kappa shape index (κ2) is 11.8. The summed E-state index contributed by atoms with van der Waals surface area (Å²) in [6, 6.07) is 20.3. The SMILES string of the molecule is C.CC.NC(=O)CCCCC1NC(c2ccccc2)=C(c2ccccc2)O1.[HH]. The molecule has 2 aromatic carbocycles. The van der Waals surface area contributed by atoms with E-state index in [1.807, 2.05) is 50.2 Å². The molecule has 1 unspecified atom stereocenters. The minimum atomic E-state index is -0.247. The maximum atomic E-state index is 10.8. The maximum Gasteiger partial charge on any atom is 0.217 e. The molecule has 0 bridgehead atoms. The van der Waals surface area contributed by atoms with E-state index in [1.54, 1.807) is 0 Å². The molecule has 27 heavy (non-hydrogen) atoms. The largest absolute Gasteiger partial charge is 0.468 e. The highest BCUT2D eigenvalue weighted by atomic mass is 16.5. The van der Waals surface area contributed by atoms with Crippen molar-refractivity contribution in [3.05, 3.63) is 71.8 Å². The molecule has 1 aliphatic rings. The number of ether oxygens (including phenoxy) is 1. The minimum absolute atomic E-state index is 0. The van der Waals surface area contributed by atoms with E-state index >= 15 is 0 Å². The van der Waals surface area contributed by atoms with Crippen molar-refractivity contribution < 1.29 is 11.0 Å². The van der Waals surface area contributed by atoms with Crippen LogP contribution in [0.2, 0.25) is 0 Å². The lowest BCUT2D eigenvalue weighted by molar-refractivity contribution is -0.118. The molecule has 0 aliphatic carbocycles. The molecule has 1 amide bonds. The molecule has 0 aromatic heterocycles. The number of carbonyl (C=O) groups excluding carboxylic acids is 1. The van der Waals surface area contributed by atoms with Crippen LogP contribution in [0.25, 0.3) is 11.5 Å². The highest BCUT2D eigenvalue weighted by molar-refractivity contribution is 5.88. The molecule has 4 nitrogen and oxygen atoms in total. The number of rotatable bonds is 7. The van der Waals surface area contributed by atoms with Crippen LogP contribution in [0.15, 0.2) is 60.7 Å². The number of benzene rings is 2. The van der Waals surface area contributed by atoms with Gasteiger partial charge in [-0.1, -0.05) is 81.9 Å². The summed E-state index contributed by atoms with van der Waals surface area (Å²) in [7, 11) is 0. The van der Waals surface area contributed by atoms with Gasteiger partial charge in [-0.15, -0.1) is 0 Å². The van der Waals surface area contributed by atoms with Crippen LogP contribution < -0.4 is 11.1 Å². The van der Waals surface area contributed by atoms with Crippen molar-refractivity contribution in [1.29, 1.82) is 0 Å². The Morgan fingerprint density at radius 2 is 1.56 bits per heavy atom. The molecule has 1 aliphatic heterocycles. The standard InChI is InChI=1S/C20H22N2O2.C2H6.CH4.H2/c21-17(23)13-7-8-14-18-22-19(15-9-3-1-4-10-15)20(24-18)16-11-5-2-6-12-16;1-2;;/h1-6,9-12,18,22H,7-8,13-14H2,(H2,21,23);1-2H3;1H4;1H. The molecule has 4 heteroatoms. The molecule has 0 radical (unpaired) electrons. The third-order valence-electron chi connectivity index (χ3n) is 4.03. The Morgan fingerprint density at radius 3 is 2.11 bits per heavy atom. The average molecular weight is 371 g/mol. The van der Waals surface area contributed by atoms with Crippen LogP contribution in [-0.4, -0.2) is 12.1 Å². The molecule has 0 saturated heterocycles. The van der Waals surface area contributed by atoms with E-state index in [9.17, 15) is 4.79 Å². The number of hydrogen-bond donors (Lipinski definition) is 2. The Kier molecular flexibility index (Phi) is 9.73. The number of nitrogens with one attached hydrogen (secondary N) is 1. The van der Waals surface area contributed by atoms with Crippen LogP contribution >= 0.6 is 0 Å². The predicted molar refractivity (Wildman–Crippen MR) is 116 cm³/mol. The summed E-state index contributed by atoms with van der Waals surface area (Å²) < 4.78 is 6.17. The van der Waals surface area contributed by atoms with Crippen molar-refractivity contribution in [2.24, 2.45) is 5.73 Å². The topological polar surface area (TPSA) is 64.4 Å². The van der Waals surface area contributed by atoms with Crippen molar-refractivity contribution in [3.8, 4) is 0 Å². The van der Waals surface area contributed by atoms with E-state index < -0.39 is 0 Å². The minimum Gasteiger partial charge on any atom is -0.468 e. The lowest BCUT2D eigenvalue weighted by atomic mass is 10.1. The van der Waals surface area contributed by atoms with Gasteiger partial charge in [-0.25, -0.2) is 0 Å². The fourth-order valence-electron chi connectivity index (χ4n) is 2.84. The van der Waals surface area contributed by atoms with E-state index in [-0.39, 0.29) is 21.0 Å². The van der Waals surface area contributed by atoms with Crippen molar-refractivity contribution in [2.75, 3.05) is 0 Å². The third kappa shape index (κ3) is 6.48. The summed E-state index contributed by atoms with van der Waals surface area (Å²) >= 11 is 0. The summed E-state index contributed by atoms with van der Waals surface area (Å²) in [5, 5.41) is 3.49. The van der Waals surface area contributed by atoms with E-state index in [4.69, 9.17) is 10.5 Å². The first-order valence-corrected chi connectivity index (χ1v) is 9.30. The zero-order valence-electron chi connectivity index (χ0n) is 15.6. The van der Waals surface area contributed by atoms with Crippen molar-refractivity contribution in [3.63, 3.8) is 0 Å². The van der Waals surface area contributed by atoms with Crippen molar-refractivity contribution >= 4 is 17.4 Å². The number of hydrogen-bond acceptors (Lipinski definition) is 3. The Labute approximate surface area is 164 Å². The van der Waals surface area contributed by atoms with Gasteiger partial charge in [-0.3, -0.25) is 4.79 Å². The van der Waals surface area contributed by atoms with Gasteiger partial charge in [0, 0.05) is 25.4 Å². The number of amides is 1. The normalized spacial score (nSPS) is 15.0. The highest BCUT2D eigenvalue weighted by Crippen LogP contribution is 2.33. The van der Waals surface area contributed by atoms with Crippen molar-refractivity contribution in [1.82, 2.24) is 5.32 Å². The summed E-state index contributed by atoms with van der Waals surface area (Å²) in [5.74, 6) is 0.630.